The fraction of sp³-hybridized carbons (Fsp3) is 0.267. The summed E-state index contributed by atoms with van der Waals surface area (Å²) in [5.74, 6) is -0.246. The van der Waals surface area contributed by atoms with Gasteiger partial charge in [-0.2, -0.15) is 10.2 Å². The SMILES string of the molecule is CCOC(=O)CC(c1ccccc1)c1ccnnc1. The molecular weight excluding hydrogens is 240 g/mol. The van der Waals surface area contributed by atoms with Crippen LogP contribution in [-0.2, 0) is 9.53 Å². The molecule has 2 aromatic rings. The van der Waals surface area contributed by atoms with Crippen molar-refractivity contribution < 1.29 is 9.53 Å². The summed E-state index contributed by atoms with van der Waals surface area (Å²) >= 11 is 0. The molecule has 0 saturated heterocycles. The van der Waals surface area contributed by atoms with Gasteiger partial charge in [-0.25, -0.2) is 0 Å². The number of esters is 1. The third kappa shape index (κ3) is 3.61. The Hall–Kier alpha value is -2.23. The standard InChI is InChI=1S/C15H16N2O2/c1-2-19-15(18)10-14(12-6-4-3-5-7-12)13-8-9-16-17-11-13/h3-9,11,14H,2,10H2,1H3. The maximum absolute atomic E-state index is 11.7. The molecule has 2 rings (SSSR count). The van der Waals surface area contributed by atoms with Gasteiger partial charge in [-0.05, 0) is 24.1 Å². The van der Waals surface area contributed by atoms with Crippen LogP contribution < -0.4 is 0 Å². The number of benzene rings is 1. The van der Waals surface area contributed by atoms with E-state index in [0.29, 0.717) is 13.0 Å². The molecular formula is C15H16N2O2. The second-order valence-corrected chi connectivity index (χ2v) is 4.15. The molecule has 1 heterocycles. The van der Waals surface area contributed by atoms with E-state index in [-0.39, 0.29) is 11.9 Å². The largest absolute Gasteiger partial charge is 0.466 e. The van der Waals surface area contributed by atoms with Crippen LogP contribution in [0.2, 0.25) is 0 Å². The monoisotopic (exact) mass is 256 g/mol. The van der Waals surface area contributed by atoms with Crippen molar-refractivity contribution in [3.63, 3.8) is 0 Å². The molecule has 0 aliphatic carbocycles. The normalized spacial score (nSPS) is 11.8. The molecule has 19 heavy (non-hydrogen) atoms. The fourth-order valence-corrected chi connectivity index (χ4v) is 2.01. The van der Waals surface area contributed by atoms with E-state index in [1.54, 1.807) is 12.4 Å². The Morgan fingerprint density at radius 1 is 1.16 bits per heavy atom. The summed E-state index contributed by atoms with van der Waals surface area (Å²) in [4.78, 5) is 11.7. The molecule has 1 atom stereocenters. The van der Waals surface area contributed by atoms with Gasteiger partial charge < -0.3 is 4.74 Å². The van der Waals surface area contributed by atoms with Gasteiger partial charge in [0.2, 0.25) is 0 Å². The summed E-state index contributed by atoms with van der Waals surface area (Å²) in [5, 5.41) is 7.65. The predicted molar refractivity (Wildman–Crippen MR) is 71.6 cm³/mol. The van der Waals surface area contributed by atoms with Crippen LogP contribution >= 0.6 is 0 Å². The van der Waals surface area contributed by atoms with Crippen LogP contribution in [0.25, 0.3) is 0 Å². The van der Waals surface area contributed by atoms with Crippen LogP contribution in [0.5, 0.6) is 0 Å². The predicted octanol–water partition coefficient (Wildman–Crippen LogP) is 2.56. The van der Waals surface area contributed by atoms with E-state index in [1.165, 1.54) is 0 Å². The van der Waals surface area contributed by atoms with Gasteiger partial charge in [-0.1, -0.05) is 30.3 Å². The Morgan fingerprint density at radius 2 is 1.95 bits per heavy atom. The first-order valence-corrected chi connectivity index (χ1v) is 6.28. The first-order chi connectivity index (χ1) is 9.31. The smallest absolute Gasteiger partial charge is 0.306 e. The molecule has 1 aromatic carbocycles. The number of hydrogen-bond donors (Lipinski definition) is 0. The molecule has 0 radical (unpaired) electrons. The Bertz CT molecular complexity index is 475. The van der Waals surface area contributed by atoms with E-state index < -0.39 is 0 Å². The van der Waals surface area contributed by atoms with Crippen molar-refractivity contribution in [2.75, 3.05) is 6.61 Å². The topological polar surface area (TPSA) is 52.1 Å². The van der Waals surface area contributed by atoms with Crippen molar-refractivity contribution in [1.29, 1.82) is 0 Å². The highest BCUT2D eigenvalue weighted by Crippen LogP contribution is 2.27. The van der Waals surface area contributed by atoms with Gasteiger partial charge in [0.15, 0.2) is 0 Å². The Balaban J connectivity index is 2.26. The number of ether oxygens (including phenoxy) is 1. The molecule has 0 aliphatic rings. The quantitative estimate of drug-likeness (QED) is 0.771. The molecule has 0 N–H and O–H groups in total. The molecule has 4 heteroatoms. The minimum atomic E-state index is -0.201. The van der Waals surface area contributed by atoms with Crippen molar-refractivity contribution in [2.45, 2.75) is 19.3 Å². The van der Waals surface area contributed by atoms with Crippen LogP contribution in [0.1, 0.15) is 30.4 Å². The lowest BCUT2D eigenvalue weighted by Crippen LogP contribution is -2.12. The molecule has 0 amide bonds. The molecule has 0 aliphatic heterocycles. The second-order valence-electron chi connectivity index (χ2n) is 4.15. The van der Waals surface area contributed by atoms with Crippen molar-refractivity contribution in [3.8, 4) is 0 Å². The number of aromatic nitrogens is 2. The first-order valence-electron chi connectivity index (χ1n) is 6.28. The molecule has 98 valence electrons. The Labute approximate surface area is 112 Å². The highest BCUT2D eigenvalue weighted by Gasteiger charge is 2.19. The highest BCUT2D eigenvalue weighted by atomic mass is 16.5. The van der Waals surface area contributed by atoms with Crippen LogP contribution in [0, 0.1) is 0 Å². The maximum atomic E-state index is 11.7. The summed E-state index contributed by atoms with van der Waals surface area (Å²) in [6, 6.07) is 11.8. The summed E-state index contributed by atoms with van der Waals surface area (Å²) in [7, 11) is 0. The van der Waals surface area contributed by atoms with Crippen molar-refractivity contribution >= 4 is 5.97 Å². The van der Waals surface area contributed by atoms with Crippen molar-refractivity contribution in [3.05, 3.63) is 59.9 Å². The van der Waals surface area contributed by atoms with E-state index in [9.17, 15) is 4.79 Å². The zero-order valence-corrected chi connectivity index (χ0v) is 10.8. The van der Waals surface area contributed by atoms with E-state index in [2.05, 4.69) is 10.2 Å². The molecule has 0 bridgehead atoms. The minimum absolute atomic E-state index is 0.0456. The number of hydrogen-bond acceptors (Lipinski definition) is 4. The number of nitrogens with zero attached hydrogens (tertiary/aromatic N) is 2. The van der Waals surface area contributed by atoms with Gasteiger partial charge >= 0.3 is 5.97 Å². The van der Waals surface area contributed by atoms with Gasteiger partial charge in [0.1, 0.15) is 0 Å². The van der Waals surface area contributed by atoms with Crippen molar-refractivity contribution in [2.24, 2.45) is 0 Å². The van der Waals surface area contributed by atoms with Gasteiger partial charge in [0.25, 0.3) is 0 Å². The van der Waals surface area contributed by atoms with E-state index in [4.69, 9.17) is 4.74 Å². The lowest BCUT2D eigenvalue weighted by molar-refractivity contribution is -0.143. The molecule has 0 saturated carbocycles. The molecule has 1 unspecified atom stereocenters. The molecule has 0 spiro atoms. The van der Waals surface area contributed by atoms with Crippen LogP contribution in [-0.4, -0.2) is 22.8 Å². The number of rotatable bonds is 5. The van der Waals surface area contributed by atoms with Gasteiger partial charge in [0, 0.05) is 12.1 Å². The summed E-state index contributed by atoms with van der Waals surface area (Å²) in [6.07, 6.45) is 3.64. The minimum Gasteiger partial charge on any atom is -0.466 e. The fourth-order valence-electron chi connectivity index (χ4n) is 2.01. The first kappa shape index (κ1) is 13.2. The highest BCUT2D eigenvalue weighted by molar-refractivity contribution is 5.71. The Morgan fingerprint density at radius 3 is 2.58 bits per heavy atom. The lowest BCUT2D eigenvalue weighted by atomic mass is 9.90. The summed E-state index contributed by atoms with van der Waals surface area (Å²) in [5.41, 5.74) is 2.04. The van der Waals surface area contributed by atoms with Crippen LogP contribution in [0.15, 0.2) is 48.8 Å². The molecule has 4 nitrogen and oxygen atoms in total. The maximum Gasteiger partial charge on any atom is 0.306 e. The third-order valence-electron chi connectivity index (χ3n) is 2.89. The molecule has 1 aromatic heterocycles. The zero-order chi connectivity index (χ0) is 13.5. The van der Waals surface area contributed by atoms with E-state index in [0.717, 1.165) is 11.1 Å². The van der Waals surface area contributed by atoms with Crippen LogP contribution in [0.3, 0.4) is 0 Å². The Kier molecular flexibility index (Phi) is 4.61. The summed E-state index contributed by atoms with van der Waals surface area (Å²) < 4.78 is 5.04. The summed E-state index contributed by atoms with van der Waals surface area (Å²) in [6.45, 7) is 2.21. The van der Waals surface area contributed by atoms with Gasteiger partial charge in [-0.15, -0.1) is 0 Å². The third-order valence-corrected chi connectivity index (χ3v) is 2.89. The number of carbonyl (C=O) groups excluding carboxylic acids is 1. The average Bonchev–Trinajstić information content (AvgIpc) is 2.47. The second kappa shape index (κ2) is 6.64. The van der Waals surface area contributed by atoms with E-state index in [1.807, 2.05) is 43.3 Å². The van der Waals surface area contributed by atoms with Crippen molar-refractivity contribution in [1.82, 2.24) is 10.2 Å². The zero-order valence-electron chi connectivity index (χ0n) is 10.8. The van der Waals surface area contributed by atoms with Gasteiger partial charge in [-0.3, -0.25) is 4.79 Å². The van der Waals surface area contributed by atoms with E-state index >= 15 is 0 Å². The lowest BCUT2D eigenvalue weighted by Gasteiger charge is -2.16. The number of carbonyl (C=O) groups is 1. The van der Waals surface area contributed by atoms with Crippen LogP contribution in [0.4, 0.5) is 0 Å². The van der Waals surface area contributed by atoms with Gasteiger partial charge in [0.05, 0.1) is 19.2 Å². The molecule has 0 fully saturated rings. The average molecular weight is 256 g/mol.